The van der Waals surface area contributed by atoms with Crippen molar-refractivity contribution in [3.8, 4) is 17.2 Å². The lowest BCUT2D eigenvalue weighted by atomic mass is 10.1. The first-order valence-electron chi connectivity index (χ1n) is 12.1. The smallest absolute Gasteiger partial charge is 0.302 e. The Hall–Kier alpha value is -3.64. The molecule has 13 heteroatoms. The number of nitrogens with zero attached hydrogens (tertiary/aromatic N) is 7. The second kappa shape index (κ2) is 10.8. The highest BCUT2D eigenvalue weighted by Crippen LogP contribution is 2.36. The van der Waals surface area contributed by atoms with E-state index in [1.54, 1.807) is 12.1 Å². The van der Waals surface area contributed by atoms with Gasteiger partial charge in [0.05, 0.1) is 12.2 Å². The Morgan fingerprint density at radius 1 is 0.919 bits per heavy atom. The van der Waals surface area contributed by atoms with Crippen LogP contribution in [0, 0.1) is 0 Å². The molecule has 1 aromatic carbocycles. The molecule has 0 aliphatic rings. The summed E-state index contributed by atoms with van der Waals surface area (Å²) < 4.78 is 72.9. The minimum Gasteiger partial charge on any atom is -0.302 e. The van der Waals surface area contributed by atoms with Crippen molar-refractivity contribution in [2.24, 2.45) is 0 Å². The molecule has 0 aliphatic heterocycles. The molecule has 0 bridgehead atoms. The van der Waals surface area contributed by atoms with Gasteiger partial charge in [-0.05, 0) is 53.1 Å². The fourth-order valence-corrected chi connectivity index (χ4v) is 4.00. The van der Waals surface area contributed by atoms with Crippen molar-refractivity contribution in [2.75, 3.05) is 0 Å². The molecule has 1 N–H and O–H groups in total. The maximum atomic E-state index is 14.6. The van der Waals surface area contributed by atoms with Gasteiger partial charge in [0.25, 0.3) is 0 Å². The highest BCUT2D eigenvalue weighted by atomic mass is 19.4. The van der Waals surface area contributed by atoms with Crippen LogP contribution in [-0.4, -0.2) is 40.0 Å². The van der Waals surface area contributed by atoms with Gasteiger partial charge >= 0.3 is 12.1 Å². The van der Waals surface area contributed by atoms with Gasteiger partial charge in [0.1, 0.15) is 11.5 Å². The van der Waals surface area contributed by atoms with E-state index in [0.29, 0.717) is 30.7 Å². The number of halogens is 5. The molecule has 0 unspecified atom stereocenters. The lowest BCUT2D eigenvalue weighted by Crippen LogP contribution is -2.16. The van der Waals surface area contributed by atoms with Gasteiger partial charge in [-0.25, -0.2) is 14.8 Å². The van der Waals surface area contributed by atoms with Gasteiger partial charge in [-0.1, -0.05) is 38.8 Å². The Bertz CT molecular complexity index is 1290. The van der Waals surface area contributed by atoms with E-state index in [9.17, 15) is 22.0 Å². The standard InChI is InChI=1S/C24H27F5N8/c1-3-5-7-20-30-22(23(25,26)14-6-4-2)33-36(20)15-16-8-10-17(11-9-16)37-18(21-31-34-35-32-21)12-13-19(37)24(27,28)29/h8-13H,3-7,14-15H2,1-2H3,(H,31,32,34,35). The predicted octanol–water partition coefficient (Wildman–Crippen LogP) is 5.94. The van der Waals surface area contributed by atoms with Gasteiger partial charge in [-0.15, -0.1) is 10.2 Å². The van der Waals surface area contributed by atoms with Crippen molar-refractivity contribution in [3.05, 3.63) is 59.3 Å². The molecule has 0 amide bonds. The zero-order valence-electron chi connectivity index (χ0n) is 20.4. The molecule has 0 fully saturated rings. The number of nitrogens with one attached hydrogen (secondary N) is 1. The van der Waals surface area contributed by atoms with Gasteiger partial charge in [-0.3, -0.25) is 0 Å². The minimum atomic E-state index is -4.61. The second-order valence-corrected chi connectivity index (χ2v) is 8.77. The maximum Gasteiger partial charge on any atom is 0.431 e. The third kappa shape index (κ3) is 5.86. The van der Waals surface area contributed by atoms with Crippen molar-refractivity contribution >= 4 is 0 Å². The van der Waals surface area contributed by atoms with E-state index in [-0.39, 0.29) is 30.2 Å². The van der Waals surface area contributed by atoms with Gasteiger partial charge in [0, 0.05) is 18.5 Å². The number of unbranched alkanes of at least 4 members (excludes halogenated alkanes) is 2. The SMILES string of the molecule is CCCCc1nc(C(F)(F)CCCC)nn1Cc1ccc(-n2c(-c3nnn[nH]3)ccc2C(F)(F)F)cc1. The number of hydrogen-bond donors (Lipinski definition) is 1. The minimum absolute atomic E-state index is 0.0827. The van der Waals surface area contributed by atoms with E-state index in [2.05, 4.69) is 30.7 Å². The first-order chi connectivity index (χ1) is 17.6. The molecule has 0 saturated carbocycles. The third-order valence-electron chi connectivity index (χ3n) is 5.96. The van der Waals surface area contributed by atoms with Crippen LogP contribution in [0.2, 0.25) is 0 Å². The highest BCUT2D eigenvalue weighted by molar-refractivity contribution is 5.57. The molecular weight excluding hydrogens is 495 g/mol. The average molecular weight is 523 g/mol. The quantitative estimate of drug-likeness (QED) is 0.246. The molecule has 4 aromatic rings. The van der Waals surface area contributed by atoms with Crippen LogP contribution in [0.5, 0.6) is 0 Å². The van der Waals surface area contributed by atoms with Gasteiger partial charge in [0.2, 0.25) is 5.82 Å². The predicted molar refractivity (Wildman–Crippen MR) is 125 cm³/mol. The van der Waals surface area contributed by atoms with Gasteiger partial charge < -0.3 is 4.57 Å². The number of H-pyrrole nitrogens is 1. The molecule has 0 saturated heterocycles. The number of aromatic amines is 1. The van der Waals surface area contributed by atoms with E-state index in [1.165, 1.54) is 22.9 Å². The van der Waals surface area contributed by atoms with Crippen LogP contribution in [0.15, 0.2) is 36.4 Å². The van der Waals surface area contributed by atoms with Crippen molar-refractivity contribution in [3.63, 3.8) is 0 Å². The Balaban J connectivity index is 1.64. The summed E-state index contributed by atoms with van der Waals surface area (Å²) in [7, 11) is 0. The topological polar surface area (TPSA) is 90.1 Å². The zero-order chi connectivity index (χ0) is 26.6. The van der Waals surface area contributed by atoms with E-state index in [4.69, 9.17) is 0 Å². The number of rotatable bonds is 11. The summed E-state index contributed by atoms with van der Waals surface area (Å²) in [6, 6.07) is 8.57. The fourth-order valence-electron chi connectivity index (χ4n) is 4.00. The molecule has 0 atom stereocenters. The number of hydrogen-bond acceptors (Lipinski definition) is 5. The summed E-state index contributed by atoms with van der Waals surface area (Å²) in [5.74, 6) is -3.07. The summed E-state index contributed by atoms with van der Waals surface area (Å²) in [6.07, 6.45) is -1.81. The van der Waals surface area contributed by atoms with E-state index in [1.807, 2.05) is 13.8 Å². The molecule has 3 aromatic heterocycles. The molecule has 198 valence electrons. The van der Waals surface area contributed by atoms with Gasteiger partial charge in [-0.2, -0.15) is 22.0 Å². The third-order valence-corrected chi connectivity index (χ3v) is 5.96. The van der Waals surface area contributed by atoms with Crippen LogP contribution in [0.1, 0.15) is 68.9 Å². The van der Waals surface area contributed by atoms with Crippen molar-refractivity contribution in [2.45, 2.75) is 71.0 Å². The molecule has 37 heavy (non-hydrogen) atoms. The molecule has 8 nitrogen and oxygen atoms in total. The summed E-state index contributed by atoms with van der Waals surface area (Å²) in [5, 5.41) is 17.2. The van der Waals surface area contributed by atoms with Crippen LogP contribution >= 0.6 is 0 Å². The van der Waals surface area contributed by atoms with Crippen molar-refractivity contribution in [1.29, 1.82) is 0 Å². The largest absolute Gasteiger partial charge is 0.431 e. The first kappa shape index (κ1) is 26.4. The normalized spacial score (nSPS) is 12.4. The van der Waals surface area contributed by atoms with E-state index < -0.39 is 23.6 Å². The van der Waals surface area contributed by atoms with Crippen molar-refractivity contribution in [1.82, 2.24) is 40.0 Å². The van der Waals surface area contributed by atoms with E-state index >= 15 is 0 Å². The Labute approximate surface area is 209 Å². The van der Waals surface area contributed by atoms with Crippen LogP contribution in [0.4, 0.5) is 22.0 Å². The molecule has 0 spiro atoms. The van der Waals surface area contributed by atoms with Crippen LogP contribution in [-0.2, 0) is 25.1 Å². The number of alkyl halides is 5. The fraction of sp³-hybridized carbons (Fsp3) is 0.458. The first-order valence-corrected chi connectivity index (χ1v) is 12.1. The molecule has 4 rings (SSSR count). The Kier molecular flexibility index (Phi) is 7.69. The number of tetrazole rings is 1. The summed E-state index contributed by atoms with van der Waals surface area (Å²) >= 11 is 0. The maximum absolute atomic E-state index is 14.6. The number of aromatic nitrogens is 8. The molecule has 3 heterocycles. The zero-order valence-corrected chi connectivity index (χ0v) is 20.4. The Morgan fingerprint density at radius 3 is 2.27 bits per heavy atom. The summed E-state index contributed by atoms with van der Waals surface area (Å²) in [5.41, 5.74) is 0.174. The highest BCUT2D eigenvalue weighted by Gasteiger charge is 2.37. The average Bonchev–Trinajstić information content (AvgIpc) is 3.61. The second-order valence-electron chi connectivity index (χ2n) is 8.77. The molecule has 0 radical (unpaired) electrons. The summed E-state index contributed by atoms with van der Waals surface area (Å²) in [4.78, 5) is 4.16. The van der Waals surface area contributed by atoms with E-state index in [0.717, 1.165) is 23.5 Å². The summed E-state index contributed by atoms with van der Waals surface area (Å²) in [6.45, 7) is 4.00. The number of benzene rings is 1. The number of aryl methyl sites for hydroxylation is 1. The van der Waals surface area contributed by atoms with Crippen LogP contribution in [0.25, 0.3) is 17.2 Å². The molecule has 0 aliphatic carbocycles. The van der Waals surface area contributed by atoms with Crippen LogP contribution < -0.4 is 0 Å². The lowest BCUT2D eigenvalue weighted by Gasteiger charge is -2.15. The lowest BCUT2D eigenvalue weighted by molar-refractivity contribution is -0.142. The Morgan fingerprint density at radius 2 is 1.65 bits per heavy atom. The van der Waals surface area contributed by atoms with Crippen molar-refractivity contribution < 1.29 is 22.0 Å². The van der Waals surface area contributed by atoms with Gasteiger partial charge in [0.15, 0.2) is 5.82 Å². The molecular formula is C24H27F5N8. The van der Waals surface area contributed by atoms with Crippen LogP contribution in [0.3, 0.4) is 0 Å². The monoisotopic (exact) mass is 522 g/mol.